The van der Waals surface area contributed by atoms with E-state index >= 15 is 0 Å². The number of hydrogen-bond donors (Lipinski definition) is 0. The number of piperidine rings is 2. The number of rotatable bonds is 4. The van der Waals surface area contributed by atoms with Gasteiger partial charge in [0.05, 0.1) is 4.90 Å². The Labute approximate surface area is 160 Å². The number of carbonyl (C=O) groups is 2. The van der Waals surface area contributed by atoms with E-state index in [1.54, 1.807) is 4.90 Å². The van der Waals surface area contributed by atoms with Crippen LogP contribution in [0.2, 0.25) is 0 Å². The first kappa shape index (κ1) is 19.8. The smallest absolute Gasteiger partial charge is 0.253 e. The number of amides is 1. The minimum absolute atomic E-state index is 0.198. The van der Waals surface area contributed by atoms with Gasteiger partial charge in [0.2, 0.25) is 10.0 Å². The van der Waals surface area contributed by atoms with Gasteiger partial charge in [-0.15, -0.1) is 0 Å². The molecule has 2 fully saturated rings. The number of carbonyl (C=O) groups excluding carboxylic acids is 2. The molecule has 0 radical (unpaired) electrons. The Morgan fingerprint density at radius 3 is 2.04 bits per heavy atom. The van der Waals surface area contributed by atoms with Crippen molar-refractivity contribution in [2.45, 2.75) is 37.5 Å². The second-order valence-corrected chi connectivity index (χ2v) is 9.43. The van der Waals surface area contributed by atoms with Gasteiger partial charge in [-0.25, -0.2) is 8.42 Å². The largest absolute Gasteiger partial charge is 0.550 e. The van der Waals surface area contributed by atoms with Crippen molar-refractivity contribution in [1.29, 1.82) is 0 Å². The molecule has 1 aromatic carbocycles. The van der Waals surface area contributed by atoms with Gasteiger partial charge < -0.3 is 14.8 Å². The molecule has 1 amide bonds. The maximum atomic E-state index is 12.7. The Balaban J connectivity index is 1.66. The Morgan fingerprint density at radius 1 is 0.963 bits per heavy atom. The van der Waals surface area contributed by atoms with Gasteiger partial charge in [-0.1, -0.05) is 6.92 Å². The highest BCUT2D eigenvalue weighted by atomic mass is 32.2. The number of sulfonamides is 1. The fourth-order valence-electron chi connectivity index (χ4n) is 3.64. The number of nitrogens with zero attached hydrogens (tertiary/aromatic N) is 2. The Morgan fingerprint density at radius 2 is 1.52 bits per heavy atom. The molecular formula is C19H25N2O5S-. The van der Waals surface area contributed by atoms with Gasteiger partial charge in [0.1, 0.15) is 0 Å². The second kappa shape index (κ2) is 7.98. The van der Waals surface area contributed by atoms with E-state index in [0.717, 1.165) is 12.8 Å². The highest BCUT2D eigenvalue weighted by molar-refractivity contribution is 7.89. The number of likely N-dealkylation sites (tertiary alicyclic amines) is 1. The fourth-order valence-corrected chi connectivity index (χ4v) is 5.11. The van der Waals surface area contributed by atoms with Gasteiger partial charge >= 0.3 is 0 Å². The SMILES string of the molecule is CC1CCN(S(=O)(=O)c2ccc(C(=O)N3CCC(C(=O)[O-])CC3)cc2)CC1. The molecule has 3 rings (SSSR count). The monoisotopic (exact) mass is 393 g/mol. The van der Waals surface area contributed by atoms with E-state index in [1.165, 1.54) is 28.6 Å². The third-order valence-corrected chi connectivity index (χ3v) is 7.51. The van der Waals surface area contributed by atoms with Crippen LogP contribution in [0.25, 0.3) is 0 Å². The molecule has 148 valence electrons. The van der Waals surface area contributed by atoms with Gasteiger partial charge in [0.15, 0.2) is 0 Å². The summed E-state index contributed by atoms with van der Waals surface area (Å²) < 4.78 is 27.0. The van der Waals surface area contributed by atoms with Crippen LogP contribution in [-0.4, -0.2) is 55.7 Å². The molecule has 2 heterocycles. The van der Waals surface area contributed by atoms with E-state index in [9.17, 15) is 23.1 Å². The van der Waals surface area contributed by atoms with Crippen molar-refractivity contribution >= 4 is 21.9 Å². The molecule has 2 saturated heterocycles. The zero-order chi connectivity index (χ0) is 19.6. The lowest BCUT2D eigenvalue weighted by atomic mass is 9.96. The third kappa shape index (κ3) is 4.32. The predicted octanol–water partition coefficient (Wildman–Crippen LogP) is 0.709. The summed E-state index contributed by atoms with van der Waals surface area (Å²) in [6, 6.07) is 6.03. The summed E-state index contributed by atoms with van der Waals surface area (Å²) in [4.78, 5) is 25.3. The van der Waals surface area contributed by atoms with Crippen LogP contribution in [0, 0.1) is 11.8 Å². The van der Waals surface area contributed by atoms with Crippen LogP contribution >= 0.6 is 0 Å². The van der Waals surface area contributed by atoms with Crippen LogP contribution in [0.15, 0.2) is 29.2 Å². The van der Waals surface area contributed by atoms with Crippen molar-refractivity contribution < 1.29 is 23.1 Å². The summed E-state index contributed by atoms with van der Waals surface area (Å²) in [7, 11) is -3.53. The van der Waals surface area contributed by atoms with Crippen LogP contribution < -0.4 is 5.11 Å². The lowest BCUT2D eigenvalue weighted by Crippen LogP contribution is -2.43. The Bertz CT molecular complexity index is 790. The highest BCUT2D eigenvalue weighted by Crippen LogP contribution is 2.24. The topological polar surface area (TPSA) is 97.8 Å². The van der Waals surface area contributed by atoms with E-state index in [1.807, 2.05) is 0 Å². The standard InChI is InChI=1S/C19H26N2O5S/c1-14-6-12-21(13-7-14)27(25,26)17-4-2-15(3-5-17)18(22)20-10-8-16(9-11-20)19(23)24/h2-5,14,16H,6-13H2,1H3,(H,23,24)/p-1. The molecule has 2 aliphatic rings. The average Bonchev–Trinajstić information content (AvgIpc) is 2.68. The van der Waals surface area contributed by atoms with Crippen LogP contribution in [-0.2, 0) is 14.8 Å². The van der Waals surface area contributed by atoms with Gasteiger partial charge in [-0.2, -0.15) is 4.31 Å². The molecule has 0 aromatic heterocycles. The molecule has 0 N–H and O–H groups in total. The zero-order valence-electron chi connectivity index (χ0n) is 15.5. The van der Waals surface area contributed by atoms with Crippen molar-refractivity contribution in [3.05, 3.63) is 29.8 Å². The van der Waals surface area contributed by atoms with Crippen molar-refractivity contribution in [3.63, 3.8) is 0 Å². The second-order valence-electron chi connectivity index (χ2n) is 7.50. The maximum Gasteiger partial charge on any atom is 0.253 e. The predicted molar refractivity (Wildman–Crippen MR) is 97.2 cm³/mol. The normalized spacial score (nSPS) is 20.6. The third-order valence-electron chi connectivity index (χ3n) is 5.60. The van der Waals surface area contributed by atoms with Crippen molar-refractivity contribution in [2.75, 3.05) is 26.2 Å². The lowest BCUT2D eigenvalue weighted by molar-refractivity contribution is -0.312. The number of hydrogen-bond acceptors (Lipinski definition) is 5. The van der Waals surface area contributed by atoms with Crippen LogP contribution in [0.5, 0.6) is 0 Å². The van der Waals surface area contributed by atoms with Crippen molar-refractivity contribution in [1.82, 2.24) is 9.21 Å². The van der Waals surface area contributed by atoms with E-state index in [-0.39, 0.29) is 10.8 Å². The molecule has 0 aliphatic carbocycles. The van der Waals surface area contributed by atoms with Crippen LogP contribution in [0.1, 0.15) is 43.0 Å². The van der Waals surface area contributed by atoms with E-state index in [2.05, 4.69) is 6.92 Å². The molecule has 0 unspecified atom stereocenters. The fraction of sp³-hybridized carbons (Fsp3) is 0.579. The highest BCUT2D eigenvalue weighted by Gasteiger charge is 2.29. The number of carboxylic acids is 1. The summed E-state index contributed by atoms with van der Waals surface area (Å²) in [5, 5.41) is 10.9. The summed E-state index contributed by atoms with van der Waals surface area (Å²) in [6.07, 6.45) is 2.48. The summed E-state index contributed by atoms with van der Waals surface area (Å²) in [5.74, 6) is -1.24. The molecule has 2 aliphatic heterocycles. The quantitative estimate of drug-likeness (QED) is 0.750. The van der Waals surface area contributed by atoms with E-state index in [4.69, 9.17) is 0 Å². The molecule has 1 aromatic rings. The van der Waals surface area contributed by atoms with Crippen molar-refractivity contribution in [2.24, 2.45) is 11.8 Å². The van der Waals surface area contributed by atoms with Crippen LogP contribution in [0.4, 0.5) is 0 Å². The molecule has 0 atom stereocenters. The summed E-state index contributed by atoms with van der Waals surface area (Å²) >= 11 is 0. The first-order valence-electron chi connectivity index (χ1n) is 9.39. The van der Waals surface area contributed by atoms with Gasteiger partial charge in [-0.05, 0) is 55.9 Å². The molecular weight excluding hydrogens is 368 g/mol. The number of benzene rings is 1. The van der Waals surface area contributed by atoms with Gasteiger partial charge in [0.25, 0.3) is 5.91 Å². The minimum Gasteiger partial charge on any atom is -0.550 e. The summed E-state index contributed by atoms with van der Waals surface area (Å²) in [5.41, 5.74) is 0.410. The van der Waals surface area contributed by atoms with E-state index < -0.39 is 21.9 Å². The summed E-state index contributed by atoms with van der Waals surface area (Å²) in [6.45, 7) is 3.91. The Kier molecular flexibility index (Phi) is 5.86. The zero-order valence-corrected chi connectivity index (χ0v) is 16.3. The average molecular weight is 393 g/mol. The molecule has 8 heteroatoms. The lowest BCUT2D eigenvalue weighted by Gasteiger charge is -2.32. The minimum atomic E-state index is -3.53. The molecule has 0 spiro atoms. The molecule has 0 saturated carbocycles. The first-order chi connectivity index (χ1) is 12.8. The number of carboxylic acid groups (broad SMARTS) is 1. The van der Waals surface area contributed by atoms with E-state index in [0.29, 0.717) is 50.5 Å². The Hall–Kier alpha value is -1.93. The van der Waals surface area contributed by atoms with Crippen LogP contribution in [0.3, 0.4) is 0 Å². The number of aliphatic carboxylic acids is 1. The molecule has 0 bridgehead atoms. The molecule has 27 heavy (non-hydrogen) atoms. The van der Waals surface area contributed by atoms with Gasteiger partial charge in [0, 0.05) is 43.6 Å². The van der Waals surface area contributed by atoms with Crippen molar-refractivity contribution in [3.8, 4) is 0 Å². The first-order valence-corrected chi connectivity index (χ1v) is 10.8. The van der Waals surface area contributed by atoms with Gasteiger partial charge in [-0.3, -0.25) is 4.79 Å². The maximum absolute atomic E-state index is 12.7. The molecule has 7 nitrogen and oxygen atoms in total.